The third kappa shape index (κ3) is 3.93. The van der Waals surface area contributed by atoms with E-state index in [0.717, 1.165) is 32.7 Å². The summed E-state index contributed by atoms with van der Waals surface area (Å²) in [4.78, 5) is 10.7. The molecule has 1 N–H and O–H groups in total. The van der Waals surface area contributed by atoms with Crippen molar-refractivity contribution in [2.24, 2.45) is 0 Å². The van der Waals surface area contributed by atoms with E-state index in [4.69, 9.17) is 0 Å². The quantitative estimate of drug-likeness (QED) is 0.825. The summed E-state index contributed by atoms with van der Waals surface area (Å²) in [7, 11) is 2.20. The minimum Gasteiger partial charge on any atom is -0.347 e. The fraction of sp³-hybridized carbons (Fsp3) is 0.769. The summed E-state index contributed by atoms with van der Waals surface area (Å²) < 4.78 is 0. The molecule has 102 valence electrons. The zero-order valence-electron chi connectivity index (χ0n) is 11.5. The first kappa shape index (κ1) is 13.8. The standard InChI is InChI=1S/C13H24N4S/c1-3-5-14-10-12-11-15-13(18-12)17-7-4-6-16(2)8-9-17/h11,14H,3-10H2,1-2H3. The number of likely N-dealkylation sites (N-methyl/N-ethyl adjacent to an activating group) is 1. The van der Waals surface area contributed by atoms with Crippen molar-refractivity contribution in [1.29, 1.82) is 0 Å². The second kappa shape index (κ2) is 7.07. The van der Waals surface area contributed by atoms with E-state index in [-0.39, 0.29) is 0 Å². The molecule has 0 atom stereocenters. The van der Waals surface area contributed by atoms with Crippen molar-refractivity contribution in [3.63, 3.8) is 0 Å². The van der Waals surface area contributed by atoms with Gasteiger partial charge < -0.3 is 15.1 Å². The molecule has 1 saturated heterocycles. The first-order valence-electron chi connectivity index (χ1n) is 6.88. The Balaban J connectivity index is 1.88. The largest absolute Gasteiger partial charge is 0.347 e. The number of aromatic nitrogens is 1. The summed E-state index contributed by atoms with van der Waals surface area (Å²) in [6, 6.07) is 0. The summed E-state index contributed by atoms with van der Waals surface area (Å²) in [5.41, 5.74) is 0. The van der Waals surface area contributed by atoms with Crippen LogP contribution in [-0.2, 0) is 6.54 Å². The molecule has 0 amide bonds. The normalized spacial score (nSPS) is 18.0. The van der Waals surface area contributed by atoms with Gasteiger partial charge in [0.2, 0.25) is 0 Å². The molecule has 0 spiro atoms. The number of nitrogens with one attached hydrogen (secondary N) is 1. The number of thiazole rings is 1. The molecular formula is C13H24N4S. The molecule has 0 bridgehead atoms. The van der Waals surface area contributed by atoms with Crippen LogP contribution < -0.4 is 10.2 Å². The van der Waals surface area contributed by atoms with Crippen LogP contribution in [0.4, 0.5) is 5.13 Å². The van der Waals surface area contributed by atoms with Crippen molar-refractivity contribution in [2.45, 2.75) is 26.3 Å². The molecule has 1 aromatic heterocycles. The molecule has 0 radical (unpaired) electrons. The van der Waals surface area contributed by atoms with Gasteiger partial charge in [0.25, 0.3) is 0 Å². The van der Waals surface area contributed by atoms with E-state index in [1.807, 2.05) is 17.5 Å². The number of hydrogen-bond acceptors (Lipinski definition) is 5. The molecule has 0 unspecified atom stereocenters. The van der Waals surface area contributed by atoms with Crippen molar-refractivity contribution >= 4 is 16.5 Å². The highest BCUT2D eigenvalue weighted by molar-refractivity contribution is 7.15. The lowest BCUT2D eigenvalue weighted by Crippen LogP contribution is -2.28. The molecule has 5 heteroatoms. The zero-order chi connectivity index (χ0) is 12.8. The van der Waals surface area contributed by atoms with E-state index >= 15 is 0 Å². The van der Waals surface area contributed by atoms with Gasteiger partial charge in [-0.2, -0.15) is 0 Å². The van der Waals surface area contributed by atoms with Gasteiger partial charge in [-0.15, -0.1) is 11.3 Å². The minimum absolute atomic E-state index is 0.958. The van der Waals surface area contributed by atoms with Gasteiger partial charge in [0.15, 0.2) is 5.13 Å². The van der Waals surface area contributed by atoms with Gasteiger partial charge in [-0.3, -0.25) is 0 Å². The van der Waals surface area contributed by atoms with Crippen LogP contribution in [0.5, 0.6) is 0 Å². The Bertz CT molecular complexity index is 353. The van der Waals surface area contributed by atoms with Gasteiger partial charge in [0.05, 0.1) is 0 Å². The van der Waals surface area contributed by atoms with E-state index in [1.165, 1.54) is 29.4 Å². The van der Waals surface area contributed by atoms with E-state index in [0.29, 0.717) is 0 Å². The highest BCUT2D eigenvalue weighted by atomic mass is 32.1. The average Bonchev–Trinajstić information content (AvgIpc) is 2.72. The maximum absolute atomic E-state index is 4.57. The molecular weight excluding hydrogens is 244 g/mol. The van der Waals surface area contributed by atoms with Crippen molar-refractivity contribution in [1.82, 2.24) is 15.2 Å². The van der Waals surface area contributed by atoms with Crippen LogP contribution in [0.2, 0.25) is 0 Å². The van der Waals surface area contributed by atoms with Crippen LogP contribution in [0.25, 0.3) is 0 Å². The van der Waals surface area contributed by atoms with Crippen LogP contribution in [0.3, 0.4) is 0 Å². The zero-order valence-corrected chi connectivity index (χ0v) is 12.3. The summed E-state index contributed by atoms with van der Waals surface area (Å²) in [6.45, 7) is 8.82. The van der Waals surface area contributed by atoms with E-state index in [9.17, 15) is 0 Å². The van der Waals surface area contributed by atoms with Gasteiger partial charge in [0.1, 0.15) is 0 Å². The van der Waals surface area contributed by atoms with Gasteiger partial charge in [-0.05, 0) is 33.0 Å². The molecule has 1 aliphatic heterocycles. The van der Waals surface area contributed by atoms with Gasteiger partial charge >= 0.3 is 0 Å². The lowest BCUT2D eigenvalue weighted by Gasteiger charge is -2.19. The van der Waals surface area contributed by atoms with Crippen LogP contribution in [-0.4, -0.2) is 49.7 Å². The first-order chi connectivity index (χ1) is 8.79. The molecule has 1 fully saturated rings. The molecule has 1 aromatic rings. The molecule has 18 heavy (non-hydrogen) atoms. The first-order valence-corrected chi connectivity index (χ1v) is 7.70. The Labute approximate surface area is 114 Å². The van der Waals surface area contributed by atoms with Gasteiger partial charge in [0, 0.05) is 37.3 Å². The Morgan fingerprint density at radius 2 is 2.22 bits per heavy atom. The van der Waals surface area contributed by atoms with E-state index in [2.05, 4.69) is 34.1 Å². The number of nitrogens with zero attached hydrogens (tertiary/aromatic N) is 3. The summed E-state index contributed by atoms with van der Waals surface area (Å²) in [6.07, 6.45) is 4.45. The van der Waals surface area contributed by atoms with Crippen LogP contribution in [0.1, 0.15) is 24.6 Å². The maximum atomic E-state index is 4.57. The lowest BCUT2D eigenvalue weighted by molar-refractivity contribution is 0.360. The highest BCUT2D eigenvalue weighted by Gasteiger charge is 2.15. The Morgan fingerprint density at radius 3 is 3.06 bits per heavy atom. The molecule has 4 nitrogen and oxygen atoms in total. The minimum atomic E-state index is 0.958. The SMILES string of the molecule is CCCNCc1cnc(N2CCCN(C)CC2)s1. The Kier molecular flexibility index (Phi) is 5.41. The molecule has 0 saturated carbocycles. The van der Waals surface area contributed by atoms with Crippen LogP contribution in [0, 0.1) is 0 Å². The molecule has 0 aliphatic carbocycles. The van der Waals surface area contributed by atoms with Crippen molar-refractivity contribution in [2.75, 3.05) is 44.7 Å². The summed E-state index contributed by atoms with van der Waals surface area (Å²) in [5, 5.41) is 4.62. The average molecular weight is 268 g/mol. The monoisotopic (exact) mass is 268 g/mol. The number of anilines is 1. The molecule has 2 rings (SSSR count). The third-order valence-corrected chi connectivity index (χ3v) is 4.32. The van der Waals surface area contributed by atoms with E-state index < -0.39 is 0 Å². The number of rotatable bonds is 5. The maximum Gasteiger partial charge on any atom is 0.185 e. The second-order valence-electron chi connectivity index (χ2n) is 4.93. The predicted molar refractivity (Wildman–Crippen MR) is 78.4 cm³/mol. The van der Waals surface area contributed by atoms with Gasteiger partial charge in [-0.25, -0.2) is 4.98 Å². The van der Waals surface area contributed by atoms with Crippen molar-refractivity contribution in [3.05, 3.63) is 11.1 Å². The number of hydrogen-bond donors (Lipinski definition) is 1. The predicted octanol–water partition coefficient (Wildman–Crippen LogP) is 1.78. The van der Waals surface area contributed by atoms with Gasteiger partial charge in [-0.1, -0.05) is 6.92 Å². The molecule has 2 heterocycles. The second-order valence-corrected chi connectivity index (χ2v) is 6.02. The Morgan fingerprint density at radius 1 is 1.33 bits per heavy atom. The lowest BCUT2D eigenvalue weighted by atomic mass is 10.4. The summed E-state index contributed by atoms with van der Waals surface area (Å²) in [5.74, 6) is 0. The topological polar surface area (TPSA) is 31.4 Å². The van der Waals surface area contributed by atoms with Crippen LogP contribution >= 0.6 is 11.3 Å². The Hall–Kier alpha value is -0.650. The molecule has 0 aromatic carbocycles. The van der Waals surface area contributed by atoms with Crippen molar-refractivity contribution in [3.8, 4) is 0 Å². The fourth-order valence-electron chi connectivity index (χ4n) is 2.15. The van der Waals surface area contributed by atoms with Crippen molar-refractivity contribution < 1.29 is 0 Å². The highest BCUT2D eigenvalue weighted by Crippen LogP contribution is 2.23. The molecule has 1 aliphatic rings. The smallest absolute Gasteiger partial charge is 0.185 e. The van der Waals surface area contributed by atoms with Crippen LogP contribution in [0.15, 0.2) is 6.20 Å². The van der Waals surface area contributed by atoms with E-state index in [1.54, 1.807) is 0 Å². The summed E-state index contributed by atoms with van der Waals surface area (Å²) >= 11 is 1.83. The fourth-order valence-corrected chi connectivity index (χ4v) is 3.08. The third-order valence-electron chi connectivity index (χ3n) is 3.26.